The Bertz CT molecular complexity index is 1460. The maximum absolute atomic E-state index is 14.6. The molecule has 2 N–H and O–H groups in total. The van der Waals surface area contributed by atoms with Gasteiger partial charge in [-0.15, -0.1) is 11.3 Å². The van der Waals surface area contributed by atoms with Crippen LogP contribution in [0.3, 0.4) is 0 Å². The van der Waals surface area contributed by atoms with Crippen molar-refractivity contribution in [1.29, 1.82) is 0 Å². The number of amides is 2. The standard InChI is InChI=1S/C29H33FN6O4S/c1-17-19(4-3-5-20(17)30)23-22(26(37)38)21(32-24(33-23)25-31-6-9-41-25)12-34-7-8-35-18(10-34)11-36(27(35)39)29-13-28(14-29,15-29)16-40-2/h3-6,9,18,23H,7-8,10-16H2,1-2H3,(H,32,33)(H,37,38)/t18-,23-,28?,29?/m0/s1. The number of hydrogen-bond donors (Lipinski definition) is 2. The highest BCUT2D eigenvalue weighted by Gasteiger charge is 2.72. The number of amidine groups is 1. The fourth-order valence-electron chi connectivity index (χ4n) is 7.79. The molecule has 3 aliphatic heterocycles. The van der Waals surface area contributed by atoms with Crippen molar-refractivity contribution in [1.82, 2.24) is 25.0 Å². The van der Waals surface area contributed by atoms with E-state index in [1.54, 1.807) is 32.4 Å². The molecule has 2 atom stereocenters. The number of thiazole rings is 1. The van der Waals surface area contributed by atoms with Gasteiger partial charge >= 0.3 is 12.0 Å². The number of aliphatic imine (C=N–C) groups is 1. The number of halogens is 1. The Kier molecular flexibility index (Phi) is 6.22. The minimum atomic E-state index is -1.10. The van der Waals surface area contributed by atoms with Crippen LogP contribution >= 0.6 is 11.3 Å². The number of benzene rings is 1. The first-order valence-electron chi connectivity index (χ1n) is 14.0. The number of aromatic nitrogens is 1. The average molecular weight is 581 g/mol. The Morgan fingerprint density at radius 2 is 2.07 bits per heavy atom. The number of nitrogens with zero attached hydrogens (tertiary/aromatic N) is 5. The van der Waals surface area contributed by atoms with Gasteiger partial charge in [0.2, 0.25) is 0 Å². The number of nitrogens with one attached hydrogen (secondary N) is 1. The van der Waals surface area contributed by atoms with E-state index in [9.17, 15) is 19.1 Å². The summed E-state index contributed by atoms with van der Waals surface area (Å²) in [4.78, 5) is 41.5. The van der Waals surface area contributed by atoms with Crippen molar-refractivity contribution in [2.45, 2.75) is 43.8 Å². The number of fused-ring (bicyclic) bond motifs is 1. The maximum atomic E-state index is 14.6. The van der Waals surface area contributed by atoms with E-state index in [0.29, 0.717) is 60.4 Å². The number of rotatable bonds is 8. The molecule has 2 amide bonds. The summed E-state index contributed by atoms with van der Waals surface area (Å²) in [6, 6.07) is 3.98. The minimum absolute atomic E-state index is 0.0170. The molecular formula is C29H33FN6O4S. The molecule has 2 saturated heterocycles. The molecule has 0 unspecified atom stereocenters. The topological polar surface area (TPSA) is 111 Å². The summed E-state index contributed by atoms with van der Waals surface area (Å²) in [5, 5.41) is 16.1. The third-order valence-electron chi connectivity index (χ3n) is 9.55. The normalized spacial score (nSPS) is 30.9. The third-order valence-corrected chi connectivity index (χ3v) is 10.3. The second-order valence-electron chi connectivity index (χ2n) is 12.2. The molecule has 216 valence electrons. The van der Waals surface area contributed by atoms with E-state index >= 15 is 0 Å². The Hall–Kier alpha value is -3.35. The van der Waals surface area contributed by atoms with Crippen LogP contribution in [-0.4, -0.2) is 101 Å². The lowest BCUT2D eigenvalue weighted by molar-refractivity contribution is -0.222. The first-order chi connectivity index (χ1) is 19.7. The number of methoxy groups -OCH3 is 1. The van der Waals surface area contributed by atoms with E-state index in [1.807, 2.05) is 10.3 Å². The number of aliphatic carboxylic acids is 1. The molecule has 2 bridgehead atoms. The first-order valence-corrected chi connectivity index (χ1v) is 14.9. The highest BCUT2D eigenvalue weighted by atomic mass is 32.1. The molecule has 5 fully saturated rings. The summed E-state index contributed by atoms with van der Waals surface area (Å²) < 4.78 is 20.0. The summed E-state index contributed by atoms with van der Waals surface area (Å²) in [7, 11) is 1.74. The summed E-state index contributed by atoms with van der Waals surface area (Å²) in [5.41, 5.74) is 1.74. The lowest BCUT2D eigenvalue weighted by Gasteiger charge is -2.73. The van der Waals surface area contributed by atoms with Crippen LogP contribution in [0.2, 0.25) is 0 Å². The predicted molar refractivity (Wildman–Crippen MR) is 150 cm³/mol. The number of carbonyl (C=O) groups excluding carboxylic acids is 1. The van der Waals surface area contributed by atoms with Gasteiger partial charge in [0.15, 0.2) is 10.8 Å². The van der Waals surface area contributed by atoms with Gasteiger partial charge in [0.25, 0.3) is 0 Å². The predicted octanol–water partition coefficient (Wildman–Crippen LogP) is 3.01. The van der Waals surface area contributed by atoms with Gasteiger partial charge in [-0.25, -0.2) is 19.0 Å². The zero-order chi connectivity index (χ0) is 28.5. The summed E-state index contributed by atoms with van der Waals surface area (Å²) in [5.74, 6) is -1.03. The van der Waals surface area contributed by atoms with Crippen LogP contribution < -0.4 is 5.32 Å². The number of urea groups is 1. The number of carboxylic acid groups (broad SMARTS) is 1. The molecule has 3 saturated carbocycles. The van der Waals surface area contributed by atoms with Gasteiger partial charge < -0.3 is 25.0 Å². The van der Waals surface area contributed by atoms with Crippen molar-refractivity contribution in [3.05, 3.63) is 63.0 Å². The molecule has 1 aromatic heterocycles. The van der Waals surface area contributed by atoms with Gasteiger partial charge in [-0.2, -0.15) is 0 Å². The monoisotopic (exact) mass is 580 g/mol. The summed E-state index contributed by atoms with van der Waals surface area (Å²) in [6.45, 7) is 5.30. The molecular weight excluding hydrogens is 547 g/mol. The third kappa shape index (κ3) is 4.18. The Morgan fingerprint density at radius 3 is 2.78 bits per heavy atom. The molecule has 2 aromatic rings. The van der Waals surface area contributed by atoms with E-state index in [1.165, 1.54) is 17.4 Å². The van der Waals surface area contributed by atoms with Crippen molar-refractivity contribution >= 4 is 29.2 Å². The SMILES string of the molecule is COCC12CC(N3C[C@@H]4CN(CC5=C(C(=O)O)[C@H](c6cccc(F)c6C)N=C(c6nccs6)N5)CCN4C3=O)(C1)C2. The molecule has 12 heteroatoms. The Labute approximate surface area is 241 Å². The number of hydrogen-bond acceptors (Lipinski definition) is 8. The van der Waals surface area contributed by atoms with E-state index in [0.717, 1.165) is 25.9 Å². The van der Waals surface area contributed by atoms with E-state index in [-0.39, 0.29) is 28.6 Å². The number of piperazine rings is 1. The van der Waals surface area contributed by atoms with Gasteiger partial charge in [0, 0.05) is 68.1 Å². The van der Waals surface area contributed by atoms with Crippen molar-refractivity contribution in [3.8, 4) is 0 Å². The van der Waals surface area contributed by atoms with Crippen molar-refractivity contribution in [2.75, 3.05) is 46.4 Å². The molecule has 1 aromatic carbocycles. The van der Waals surface area contributed by atoms with E-state index in [4.69, 9.17) is 9.73 Å². The van der Waals surface area contributed by atoms with Crippen molar-refractivity contribution < 1.29 is 23.8 Å². The second kappa shape index (κ2) is 9.60. The molecule has 6 aliphatic rings. The molecule has 0 spiro atoms. The highest BCUT2D eigenvalue weighted by Crippen LogP contribution is 2.70. The quantitative estimate of drug-likeness (QED) is 0.494. The lowest BCUT2D eigenvalue weighted by atomic mass is 9.39. The van der Waals surface area contributed by atoms with Gasteiger partial charge in [-0.05, 0) is 43.4 Å². The smallest absolute Gasteiger partial charge is 0.335 e. The van der Waals surface area contributed by atoms with E-state index in [2.05, 4.69) is 20.1 Å². The number of ether oxygens (including phenoxy) is 1. The first kappa shape index (κ1) is 26.5. The van der Waals surface area contributed by atoms with Gasteiger partial charge in [0.05, 0.1) is 18.2 Å². The molecule has 8 rings (SSSR count). The summed E-state index contributed by atoms with van der Waals surface area (Å²) in [6.07, 6.45) is 4.72. The lowest BCUT2D eigenvalue weighted by Crippen LogP contribution is -2.76. The second-order valence-corrected chi connectivity index (χ2v) is 13.1. The van der Waals surface area contributed by atoms with Crippen LogP contribution in [0.25, 0.3) is 0 Å². The van der Waals surface area contributed by atoms with E-state index < -0.39 is 17.8 Å². The van der Waals surface area contributed by atoms with Gasteiger partial charge in [-0.3, -0.25) is 9.89 Å². The van der Waals surface area contributed by atoms with Gasteiger partial charge in [0.1, 0.15) is 11.9 Å². The van der Waals surface area contributed by atoms with Gasteiger partial charge in [-0.1, -0.05) is 12.1 Å². The average Bonchev–Trinajstić information content (AvgIpc) is 3.55. The van der Waals surface area contributed by atoms with Crippen LogP contribution in [-0.2, 0) is 9.53 Å². The summed E-state index contributed by atoms with van der Waals surface area (Å²) >= 11 is 1.40. The zero-order valence-corrected chi connectivity index (χ0v) is 23.9. The maximum Gasteiger partial charge on any atom is 0.335 e. The van der Waals surface area contributed by atoms with Crippen LogP contribution in [0.15, 0.2) is 46.0 Å². The molecule has 10 nitrogen and oxygen atoms in total. The molecule has 3 aliphatic carbocycles. The highest BCUT2D eigenvalue weighted by molar-refractivity contribution is 7.11. The molecule has 41 heavy (non-hydrogen) atoms. The van der Waals surface area contributed by atoms with Crippen LogP contribution in [0.4, 0.5) is 9.18 Å². The molecule has 0 radical (unpaired) electrons. The Balaban J connectivity index is 1.14. The van der Waals surface area contributed by atoms with Crippen molar-refractivity contribution in [2.24, 2.45) is 10.4 Å². The zero-order valence-electron chi connectivity index (χ0n) is 23.1. The fraction of sp³-hybridized carbons (Fsp3) is 0.517. The Morgan fingerprint density at radius 1 is 1.27 bits per heavy atom. The number of carbonyl (C=O) groups is 2. The minimum Gasteiger partial charge on any atom is -0.478 e. The molecule has 4 heterocycles. The fourth-order valence-corrected chi connectivity index (χ4v) is 8.37. The van der Waals surface area contributed by atoms with Crippen LogP contribution in [0, 0.1) is 18.2 Å². The number of carboxylic acids is 1. The van der Waals surface area contributed by atoms with Crippen LogP contribution in [0.1, 0.15) is 41.4 Å². The van der Waals surface area contributed by atoms with Crippen molar-refractivity contribution in [3.63, 3.8) is 0 Å². The largest absolute Gasteiger partial charge is 0.478 e. The van der Waals surface area contributed by atoms with Crippen LogP contribution in [0.5, 0.6) is 0 Å².